The highest BCUT2D eigenvalue weighted by Gasteiger charge is 1.94. The van der Waals surface area contributed by atoms with Crippen LogP contribution in [0.25, 0.3) is 0 Å². The van der Waals surface area contributed by atoms with Crippen molar-refractivity contribution in [2.45, 2.75) is 96.8 Å². The fourth-order valence-electron chi connectivity index (χ4n) is 3.58. The van der Waals surface area contributed by atoms with Gasteiger partial charge in [0.1, 0.15) is 0 Å². The molecule has 0 unspecified atom stereocenters. The van der Waals surface area contributed by atoms with Gasteiger partial charge in [-0.2, -0.15) is 0 Å². The van der Waals surface area contributed by atoms with Crippen molar-refractivity contribution in [2.75, 3.05) is 58.9 Å². The molecule has 5 heteroatoms. The Morgan fingerprint density at radius 3 is 1.07 bits per heavy atom. The van der Waals surface area contributed by atoms with Gasteiger partial charge in [0.05, 0.1) is 0 Å². The number of unbranched alkanes of at least 4 members (excludes halogenated alkanes) is 13. The molecule has 176 valence electrons. The molecule has 6 N–H and O–H groups in total. The van der Waals surface area contributed by atoms with Gasteiger partial charge in [-0.05, 0) is 13.0 Å². The predicted molar refractivity (Wildman–Crippen MR) is 131 cm³/mol. The van der Waals surface area contributed by atoms with Gasteiger partial charge in [-0.3, -0.25) is 0 Å². The Kier molecular flexibility index (Phi) is 27.6. The fraction of sp³-hybridized carbons (Fsp3) is 1.00. The summed E-state index contributed by atoms with van der Waals surface area (Å²) in [6, 6.07) is 0. The van der Waals surface area contributed by atoms with Crippen molar-refractivity contribution in [2.24, 2.45) is 5.73 Å². The molecule has 0 bridgehead atoms. The maximum atomic E-state index is 5.43. The Morgan fingerprint density at radius 2 is 0.690 bits per heavy atom. The lowest BCUT2D eigenvalue weighted by atomic mass is 10.0. The molecular weight excluding hydrogens is 358 g/mol. The summed E-state index contributed by atoms with van der Waals surface area (Å²) in [7, 11) is 0. The van der Waals surface area contributed by atoms with Crippen LogP contribution in [0, 0.1) is 0 Å². The van der Waals surface area contributed by atoms with Gasteiger partial charge >= 0.3 is 0 Å². The van der Waals surface area contributed by atoms with E-state index in [1.165, 1.54) is 96.4 Å². The first-order valence-electron chi connectivity index (χ1n) is 12.9. The van der Waals surface area contributed by atoms with Gasteiger partial charge < -0.3 is 27.0 Å². The van der Waals surface area contributed by atoms with Crippen LogP contribution in [-0.2, 0) is 0 Å². The minimum Gasteiger partial charge on any atom is -0.329 e. The van der Waals surface area contributed by atoms with Gasteiger partial charge in [-0.1, -0.05) is 90.4 Å². The Bertz CT molecular complexity index is 250. The van der Waals surface area contributed by atoms with E-state index >= 15 is 0 Å². The highest BCUT2D eigenvalue weighted by atomic mass is 15.0. The molecule has 0 aliphatic carbocycles. The Labute approximate surface area is 183 Å². The summed E-state index contributed by atoms with van der Waals surface area (Å²) in [5.74, 6) is 0. The van der Waals surface area contributed by atoms with Gasteiger partial charge in [0.25, 0.3) is 0 Å². The average molecular weight is 414 g/mol. The summed E-state index contributed by atoms with van der Waals surface area (Å²) in [6.07, 6.45) is 20.0. The molecule has 0 fully saturated rings. The maximum Gasteiger partial charge on any atom is 0.00772 e. The Balaban J connectivity index is 2.97. The Morgan fingerprint density at radius 1 is 0.379 bits per heavy atom. The molecule has 0 aliphatic heterocycles. The summed E-state index contributed by atoms with van der Waals surface area (Å²) in [5.41, 5.74) is 5.43. The van der Waals surface area contributed by atoms with Crippen molar-refractivity contribution in [1.29, 1.82) is 0 Å². The van der Waals surface area contributed by atoms with Gasteiger partial charge in [0.15, 0.2) is 0 Å². The second-order valence-electron chi connectivity index (χ2n) is 8.38. The summed E-state index contributed by atoms with van der Waals surface area (Å²) in [5, 5.41) is 13.7. The molecule has 0 heterocycles. The molecule has 0 saturated heterocycles. The van der Waals surface area contributed by atoms with E-state index in [2.05, 4.69) is 28.2 Å². The standard InChI is InChI=1S/C24H55N5/c1-2-3-4-5-6-7-8-9-10-11-12-13-14-15-17-26-19-21-28-23-24-29-22-20-27-18-16-25/h26-29H,2-25H2,1H3. The number of nitrogens with two attached hydrogens (primary N) is 1. The van der Waals surface area contributed by atoms with Crippen LogP contribution < -0.4 is 27.0 Å². The second kappa shape index (κ2) is 27.8. The molecule has 0 spiro atoms. The van der Waals surface area contributed by atoms with Crippen LogP contribution in [0.2, 0.25) is 0 Å². The van der Waals surface area contributed by atoms with E-state index in [0.29, 0.717) is 6.54 Å². The average Bonchev–Trinajstić information content (AvgIpc) is 2.74. The maximum absolute atomic E-state index is 5.43. The number of hydrogen-bond donors (Lipinski definition) is 5. The van der Waals surface area contributed by atoms with Crippen LogP contribution in [0.15, 0.2) is 0 Å². The van der Waals surface area contributed by atoms with Crippen LogP contribution in [-0.4, -0.2) is 58.9 Å². The highest BCUT2D eigenvalue weighted by Crippen LogP contribution is 2.12. The van der Waals surface area contributed by atoms with E-state index in [1.54, 1.807) is 0 Å². The zero-order valence-electron chi connectivity index (χ0n) is 19.8. The van der Waals surface area contributed by atoms with Gasteiger partial charge in [0.2, 0.25) is 0 Å². The van der Waals surface area contributed by atoms with Gasteiger partial charge in [-0.25, -0.2) is 0 Å². The van der Waals surface area contributed by atoms with E-state index in [1.807, 2.05) is 0 Å². The van der Waals surface area contributed by atoms with Gasteiger partial charge in [0, 0.05) is 52.4 Å². The van der Waals surface area contributed by atoms with Crippen molar-refractivity contribution in [3.8, 4) is 0 Å². The van der Waals surface area contributed by atoms with E-state index in [4.69, 9.17) is 5.73 Å². The molecule has 0 amide bonds. The quantitative estimate of drug-likeness (QED) is 0.140. The van der Waals surface area contributed by atoms with Crippen LogP contribution >= 0.6 is 0 Å². The smallest absolute Gasteiger partial charge is 0.00772 e. The minimum atomic E-state index is 0.716. The number of rotatable bonds is 26. The van der Waals surface area contributed by atoms with E-state index in [-0.39, 0.29) is 0 Å². The largest absolute Gasteiger partial charge is 0.329 e. The molecule has 29 heavy (non-hydrogen) atoms. The first-order valence-corrected chi connectivity index (χ1v) is 12.9. The lowest BCUT2D eigenvalue weighted by Crippen LogP contribution is -2.36. The SMILES string of the molecule is CCCCCCCCCCCCCCCCNCCNCCNCCNCCN. The zero-order chi connectivity index (χ0) is 21.1. The molecule has 0 atom stereocenters. The van der Waals surface area contributed by atoms with Crippen LogP contribution in [0.1, 0.15) is 96.8 Å². The van der Waals surface area contributed by atoms with Crippen LogP contribution in [0.5, 0.6) is 0 Å². The van der Waals surface area contributed by atoms with E-state index < -0.39 is 0 Å². The zero-order valence-corrected chi connectivity index (χ0v) is 19.8. The topological polar surface area (TPSA) is 74.1 Å². The van der Waals surface area contributed by atoms with Crippen molar-refractivity contribution in [1.82, 2.24) is 21.3 Å². The summed E-state index contributed by atoms with van der Waals surface area (Å²) < 4.78 is 0. The molecule has 0 aromatic carbocycles. The molecule has 5 nitrogen and oxygen atoms in total. The summed E-state index contributed by atoms with van der Waals surface area (Å²) in [6.45, 7) is 11.3. The van der Waals surface area contributed by atoms with Crippen molar-refractivity contribution in [3.63, 3.8) is 0 Å². The van der Waals surface area contributed by atoms with Gasteiger partial charge in [-0.15, -0.1) is 0 Å². The number of hydrogen-bond acceptors (Lipinski definition) is 5. The Hall–Kier alpha value is -0.200. The molecule has 0 radical (unpaired) electrons. The van der Waals surface area contributed by atoms with E-state index in [0.717, 1.165) is 45.8 Å². The van der Waals surface area contributed by atoms with Crippen molar-refractivity contribution in [3.05, 3.63) is 0 Å². The summed E-state index contributed by atoms with van der Waals surface area (Å²) >= 11 is 0. The fourth-order valence-corrected chi connectivity index (χ4v) is 3.58. The predicted octanol–water partition coefficient (Wildman–Crippen LogP) is 3.78. The van der Waals surface area contributed by atoms with E-state index in [9.17, 15) is 0 Å². The number of nitrogens with one attached hydrogen (secondary N) is 4. The van der Waals surface area contributed by atoms with Crippen molar-refractivity contribution >= 4 is 0 Å². The monoisotopic (exact) mass is 413 g/mol. The molecule has 0 aliphatic rings. The summed E-state index contributed by atoms with van der Waals surface area (Å²) in [4.78, 5) is 0. The molecule has 0 aromatic rings. The molecular formula is C24H55N5. The minimum absolute atomic E-state index is 0.716. The first-order chi connectivity index (χ1) is 14.4. The van der Waals surface area contributed by atoms with Crippen LogP contribution in [0.3, 0.4) is 0 Å². The first kappa shape index (κ1) is 28.8. The molecule has 0 rings (SSSR count). The van der Waals surface area contributed by atoms with Crippen LogP contribution in [0.4, 0.5) is 0 Å². The third-order valence-electron chi connectivity index (χ3n) is 5.46. The second-order valence-corrected chi connectivity index (χ2v) is 8.38. The third-order valence-corrected chi connectivity index (χ3v) is 5.46. The third kappa shape index (κ3) is 27.8. The molecule has 0 saturated carbocycles. The van der Waals surface area contributed by atoms with Crippen molar-refractivity contribution < 1.29 is 0 Å². The molecule has 0 aromatic heterocycles. The highest BCUT2D eigenvalue weighted by molar-refractivity contribution is 4.57. The lowest BCUT2D eigenvalue weighted by Gasteiger charge is -2.08. The lowest BCUT2D eigenvalue weighted by molar-refractivity contribution is 0.525. The normalized spacial score (nSPS) is 11.4.